The van der Waals surface area contributed by atoms with Crippen LogP contribution in [0, 0.1) is 0 Å². The van der Waals surface area contributed by atoms with Gasteiger partial charge in [0, 0.05) is 11.6 Å². The molecule has 0 aliphatic carbocycles. The lowest BCUT2D eigenvalue weighted by Gasteiger charge is -2.23. The van der Waals surface area contributed by atoms with Gasteiger partial charge < -0.3 is 4.84 Å². The summed E-state index contributed by atoms with van der Waals surface area (Å²) < 4.78 is 22.5. The van der Waals surface area contributed by atoms with Gasteiger partial charge in [-0.15, -0.1) is 5.10 Å². The van der Waals surface area contributed by atoms with Crippen molar-refractivity contribution < 1.29 is 13.3 Å². The van der Waals surface area contributed by atoms with Crippen LogP contribution in [0.25, 0.3) is 11.1 Å². The van der Waals surface area contributed by atoms with E-state index in [1.165, 1.54) is 24.4 Å². The third-order valence-electron chi connectivity index (χ3n) is 3.47. The molecule has 0 aliphatic rings. The molecule has 124 valence electrons. The number of primary sulfonamides is 1. The average Bonchev–Trinajstić information content (AvgIpc) is 2.48. The van der Waals surface area contributed by atoms with Gasteiger partial charge in [-0.1, -0.05) is 23.9 Å². The van der Waals surface area contributed by atoms with Crippen LogP contribution in [0.3, 0.4) is 0 Å². The molecule has 0 saturated heterocycles. The first-order valence-electron chi connectivity index (χ1n) is 7.04. The minimum atomic E-state index is -3.74. The molecule has 1 aromatic heterocycles. The highest BCUT2D eigenvalue weighted by Gasteiger charge is 2.19. The fourth-order valence-electron chi connectivity index (χ4n) is 1.76. The second kappa shape index (κ2) is 6.13. The van der Waals surface area contributed by atoms with E-state index in [0.717, 1.165) is 11.3 Å². The maximum atomic E-state index is 12.1. The van der Waals surface area contributed by atoms with E-state index >= 15 is 0 Å². The van der Waals surface area contributed by atoms with Crippen LogP contribution in [-0.4, -0.2) is 24.0 Å². The second-order valence-electron chi connectivity index (χ2n) is 5.73. The van der Waals surface area contributed by atoms with Crippen molar-refractivity contribution in [3.63, 3.8) is 0 Å². The maximum Gasteiger partial charge on any atom is 0.303 e. The van der Waals surface area contributed by atoms with Crippen LogP contribution in [0.1, 0.15) is 27.2 Å². The van der Waals surface area contributed by atoms with E-state index in [1.807, 2.05) is 20.8 Å². The zero-order chi connectivity index (χ0) is 17.3. The van der Waals surface area contributed by atoms with Crippen molar-refractivity contribution in [1.82, 2.24) is 9.94 Å². The number of benzene rings is 1. The molecule has 7 nitrogen and oxygen atoms in total. The van der Waals surface area contributed by atoms with E-state index in [-0.39, 0.29) is 4.90 Å². The molecule has 0 bridgehead atoms. The van der Waals surface area contributed by atoms with Gasteiger partial charge in [0.05, 0.1) is 11.1 Å². The fraction of sp³-hybridized carbons (Fsp3) is 0.333. The third-order valence-corrected chi connectivity index (χ3v) is 4.40. The monoisotopic (exact) mass is 337 g/mol. The Morgan fingerprint density at radius 3 is 2.30 bits per heavy atom. The van der Waals surface area contributed by atoms with Crippen LogP contribution in [0.4, 0.5) is 0 Å². The summed E-state index contributed by atoms with van der Waals surface area (Å²) in [5.41, 5.74) is 0.309. The van der Waals surface area contributed by atoms with Crippen LogP contribution < -0.4 is 15.5 Å². The third kappa shape index (κ3) is 4.17. The van der Waals surface area contributed by atoms with Crippen LogP contribution in [0.5, 0.6) is 0 Å². The number of sulfonamides is 1. The Bertz CT molecular complexity index is 855. The molecule has 2 rings (SSSR count). The summed E-state index contributed by atoms with van der Waals surface area (Å²) in [6.45, 7) is 5.68. The molecule has 0 fully saturated rings. The molecule has 0 unspecified atom stereocenters. The molecule has 0 saturated carbocycles. The Labute approximate surface area is 134 Å². The smallest absolute Gasteiger partial charge is 0.303 e. The van der Waals surface area contributed by atoms with Gasteiger partial charge in [-0.05, 0) is 38.0 Å². The Balaban J connectivity index is 2.32. The highest BCUT2D eigenvalue weighted by atomic mass is 32.2. The molecular formula is C15H19N3O4S. The van der Waals surface area contributed by atoms with Crippen LogP contribution >= 0.6 is 0 Å². The highest BCUT2D eigenvalue weighted by Crippen LogP contribution is 2.19. The summed E-state index contributed by atoms with van der Waals surface area (Å²) in [7, 11) is -3.74. The number of nitrogens with zero attached hydrogens (tertiary/aromatic N) is 2. The van der Waals surface area contributed by atoms with E-state index < -0.39 is 21.2 Å². The molecule has 0 radical (unpaired) electrons. The Morgan fingerprint density at radius 2 is 1.83 bits per heavy atom. The molecule has 1 heterocycles. The molecular weight excluding hydrogens is 318 g/mol. The van der Waals surface area contributed by atoms with E-state index in [1.54, 1.807) is 12.1 Å². The summed E-state index contributed by atoms with van der Waals surface area (Å²) in [5.74, 6) is 0. The van der Waals surface area contributed by atoms with Gasteiger partial charge in [0.2, 0.25) is 10.0 Å². The lowest BCUT2D eigenvalue weighted by molar-refractivity contribution is -0.0547. The van der Waals surface area contributed by atoms with Crippen molar-refractivity contribution in [3.05, 3.63) is 46.9 Å². The predicted molar refractivity (Wildman–Crippen MR) is 86.3 cm³/mol. The molecule has 2 N–H and O–H groups in total. The molecule has 23 heavy (non-hydrogen) atoms. The molecule has 0 spiro atoms. The Hall–Kier alpha value is -2.19. The maximum absolute atomic E-state index is 12.1. The van der Waals surface area contributed by atoms with Crippen LogP contribution in [0.2, 0.25) is 0 Å². The van der Waals surface area contributed by atoms with Crippen LogP contribution in [-0.2, 0) is 10.0 Å². The lowest BCUT2D eigenvalue weighted by Crippen LogP contribution is -2.40. The summed E-state index contributed by atoms with van der Waals surface area (Å²) in [5, 5.41) is 9.05. The summed E-state index contributed by atoms with van der Waals surface area (Å²) >= 11 is 0. The number of nitrogens with two attached hydrogens (primary N) is 1. The minimum Gasteiger partial charge on any atom is -0.388 e. The Morgan fingerprint density at radius 1 is 1.22 bits per heavy atom. The van der Waals surface area contributed by atoms with Gasteiger partial charge in [0.15, 0.2) is 0 Å². The zero-order valence-electron chi connectivity index (χ0n) is 13.2. The van der Waals surface area contributed by atoms with E-state index in [9.17, 15) is 13.2 Å². The van der Waals surface area contributed by atoms with Crippen LogP contribution in [0.15, 0.2) is 46.2 Å². The van der Waals surface area contributed by atoms with Gasteiger partial charge in [-0.3, -0.25) is 4.79 Å². The van der Waals surface area contributed by atoms with E-state index in [2.05, 4.69) is 5.10 Å². The molecule has 2 aromatic rings. The average molecular weight is 337 g/mol. The molecule has 1 aromatic carbocycles. The van der Waals surface area contributed by atoms with Gasteiger partial charge >= 0.3 is 5.56 Å². The van der Waals surface area contributed by atoms with Gasteiger partial charge in [-0.2, -0.15) is 0 Å². The number of hydrogen-bond donors (Lipinski definition) is 1. The second-order valence-corrected chi connectivity index (χ2v) is 7.29. The van der Waals surface area contributed by atoms with E-state index in [0.29, 0.717) is 11.1 Å². The SMILES string of the molecule is CCC(C)(C)On1ncc(-c2ccc(S(N)(=O)=O)cc2)cc1=O. The van der Waals surface area contributed by atoms with Crippen molar-refractivity contribution >= 4 is 10.0 Å². The first-order valence-corrected chi connectivity index (χ1v) is 8.59. The highest BCUT2D eigenvalue weighted by molar-refractivity contribution is 7.89. The summed E-state index contributed by atoms with van der Waals surface area (Å²) in [6.07, 6.45) is 2.21. The number of rotatable bonds is 5. The summed E-state index contributed by atoms with van der Waals surface area (Å²) in [4.78, 5) is 18.6. The quantitative estimate of drug-likeness (QED) is 0.882. The van der Waals surface area contributed by atoms with Crippen molar-refractivity contribution in [1.29, 1.82) is 0 Å². The number of aromatic nitrogens is 2. The Kier molecular flexibility index (Phi) is 4.58. The first kappa shape index (κ1) is 17.2. The van der Waals surface area contributed by atoms with Gasteiger partial charge in [-0.25, -0.2) is 13.6 Å². The van der Waals surface area contributed by atoms with Gasteiger partial charge in [0.1, 0.15) is 5.60 Å². The van der Waals surface area contributed by atoms with Crippen molar-refractivity contribution in [2.24, 2.45) is 5.14 Å². The van der Waals surface area contributed by atoms with Crippen molar-refractivity contribution in [2.75, 3.05) is 0 Å². The molecule has 0 atom stereocenters. The zero-order valence-corrected chi connectivity index (χ0v) is 14.0. The largest absolute Gasteiger partial charge is 0.388 e. The molecule has 0 amide bonds. The van der Waals surface area contributed by atoms with Crippen molar-refractivity contribution in [2.45, 2.75) is 37.7 Å². The lowest BCUT2D eigenvalue weighted by atomic mass is 10.1. The molecule has 8 heteroatoms. The number of hydrogen-bond acceptors (Lipinski definition) is 5. The first-order chi connectivity index (χ1) is 10.6. The fourth-order valence-corrected chi connectivity index (χ4v) is 2.27. The predicted octanol–water partition coefficient (Wildman–Crippen LogP) is 1.17. The minimum absolute atomic E-state index is 0.00980. The van der Waals surface area contributed by atoms with Gasteiger partial charge in [0.25, 0.3) is 0 Å². The molecule has 0 aliphatic heterocycles. The van der Waals surface area contributed by atoms with E-state index in [4.69, 9.17) is 9.98 Å². The normalized spacial score (nSPS) is 12.2. The topological polar surface area (TPSA) is 104 Å². The summed E-state index contributed by atoms with van der Waals surface area (Å²) in [6, 6.07) is 7.28. The standard InChI is InChI=1S/C15H19N3O4S/c1-4-15(2,3)22-18-14(19)9-12(10-17-18)11-5-7-13(8-6-11)23(16,20)21/h5-10H,4H2,1-3H3,(H2,16,20,21). The van der Waals surface area contributed by atoms with Crippen molar-refractivity contribution in [3.8, 4) is 11.1 Å².